The number of nitrogens with one attached hydrogen (secondary N) is 1. The SMILES string of the molecule is Cn1cc(C(=O)NC2CCCCCC2)c(=O)n(C)c1=O. The molecule has 0 bridgehead atoms. The second kappa shape index (κ2) is 6.07. The molecule has 0 atom stereocenters. The quantitative estimate of drug-likeness (QED) is 0.803. The van der Waals surface area contributed by atoms with Crippen molar-refractivity contribution in [3.63, 3.8) is 0 Å². The molecule has 1 aliphatic rings. The number of rotatable bonds is 2. The summed E-state index contributed by atoms with van der Waals surface area (Å²) >= 11 is 0. The van der Waals surface area contributed by atoms with Gasteiger partial charge in [-0.3, -0.25) is 14.2 Å². The van der Waals surface area contributed by atoms with Crippen molar-refractivity contribution in [1.29, 1.82) is 0 Å². The molecular weight excluding hydrogens is 258 g/mol. The van der Waals surface area contributed by atoms with Gasteiger partial charge in [0.15, 0.2) is 0 Å². The van der Waals surface area contributed by atoms with E-state index in [1.165, 1.54) is 37.7 Å². The first kappa shape index (κ1) is 14.6. The van der Waals surface area contributed by atoms with Gasteiger partial charge in [-0.2, -0.15) is 0 Å². The highest BCUT2D eigenvalue weighted by Crippen LogP contribution is 2.17. The third kappa shape index (κ3) is 3.00. The van der Waals surface area contributed by atoms with Gasteiger partial charge in [0, 0.05) is 26.3 Å². The van der Waals surface area contributed by atoms with Crippen LogP contribution >= 0.6 is 0 Å². The van der Waals surface area contributed by atoms with E-state index < -0.39 is 11.2 Å². The first-order valence-electron chi connectivity index (χ1n) is 7.08. The van der Waals surface area contributed by atoms with Crippen LogP contribution in [-0.4, -0.2) is 21.1 Å². The standard InChI is InChI=1S/C14H21N3O3/c1-16-9-11(13(19)17(2)14(16)20)12(18)15-10-7-5-3-4-6-8-10/h9-10H,3-8H2,1-2H3,(H,15,18). The average molecular weight is 279 g/mol. The Bertz CT molecular complexity index is 607. The Balaban J connectivity index is 2.21. The van der Waals surface area contributed by atoms with Gasteiger partial charge in [-0.15, -0.1) is 0 Å². The minimum atomic E-state index is -0.542. The van der Waals surface area contributed by atoms with Crippen LogP contribution in [0.2, 0.25) is 0 Å². The van der Waals surface area contributed by atoms with Gasteiger partial charge >= 0.3 is 5.69 Å². The Labute approximate surface area is 117 Å². The van der Waals surface area contributed by atoms with Crippen LogP contribution < -0.4 is 16.6 Å². The van der Waals surface area contributed by atoms with Crippen LogP contribution in [0.25, 0.3) is 0 Å². The third-order valence-electron chi connectivity index (χ3n) is 3.88. The highest BCUT2D eigenvalue weighted by atomic mass is 16.2. The zero-order valence-corrected chi connectivity index (χ0v) is 12.0. The maximum atomic E-state index is 12.2. The maximum absolute atomic E-state index is 12.2. The molecule has 1 aromatic heterocycles. The molecule has 1 saturated carbocycles. The molecule has 0 radical (unpaired) electrons. The minimum absolute atomic E-state index is 0.0267. The zero-order chi connectivity index (χ0) is 14.7. The van der Waals surface area contributed by atoms with Crippen molar-refractivity contribution in [2.75, 3.05) is 0 Å². The first-order valence-corrected chi connectivity index (χ1v) is 7.08. The number of hydrogen-bond donors (Lipinski definition) is 1. The van der Waals surface area contributed by atoms with Crippen LogP contribution in [-0.2, 0) is 14.1 Å². The molecule has 20 heavy (non-hydrogen) atoms. The van der Waals surface area contributed by atoms with E-state index in [1.54, 1.807) is 0 Å². The van der Waals surface area contributed by atoms with Crippen molar-refractivity contribution in [3.05, 3.63) is 32.6 Å². The molecule has 0 spiro atoms. The third-order valence-corrected chi connectivity index (χ3v) is 3.88. The van der Waals surface area contributed by atoms with Crippen molar-refractivity contribution in [2.45, 2.75) is 44.6 Å². The number of aromatic nitrogens is 2. The van der Waals surface area contributed by atoms with E-state index >= 15 is 0 Å². The molecule has 6 nitrogen and oxygen atoms in total. The summed E-state index contributed by atoms with van der Waals surface area (Å²) in [4.78, 5) is 35.8. The molecule has 1 fully saturated rings. The van der Waals surface area contributed by atoms with Gasteiger partial charge in [-0.25, -0.2) is 4.79 Å². The van der Waals surface area contributed by atoms with Gasteiger partial charge in [0.1, 0.15) is 5.56 Å². The molecule has 6 heteroatoms. The highest BCUT2D eigenvalue weighted by Gasteiger charge is 2.19. The van der Waals surface area contributed by atoms with Gasteiger partial charge in [-0.05, 0) is 12.8 Å². The molecule has 0 unspecified atom stereocenters. The van der Waals surface area contributed by atoms with E-state index in [9.17, 15) is 14.4 Å². The van der Waals surface area contributed by atoms with E-state index in [2.05, 4.69) is 5.32 Å². The predicted octanol–water partition coefficient (Wildman–Crippen LogP) is 0.537. The summed E-state index contributed by atoms with van der Waals surface area (Å²) in [5.74, 6) is -0.381. The largest absolute Gasteiger partial charge is 0.349 e. The molecule has 1 heterocycles. The summed E-state index contributed by atoms with van der Waals surface area (Å²) < 4.78 is 2.21. The molecule has 0 saturated heterocycles. The number of amides is 1. The smallest absolute Gasteiger partial charge is 0.330 e. The Morgan fingerprint density at radius 3 is 2.35 bits per heavy atom. The summed E-state index contributed by atoms with van der Waals surface area (Å²) in [6, 6.07) is 0.131. The lowest BCUT2D eigenvalue weighted by Gasteiger charge is -2.16. The van der Waals surface area contributed by atoms with E-state index in [1.807, 2.05) is 0 Å². The Morgan fingerprint density at radius 1 is 1.15 bits per heavy atom. The fourth-order valence-corrected chi connectivity index (χ4v) is 2.65. The van der Waals surface area contributed by atoms with Crippen LogP contribution in [0.4, 0.5) is 0 Å². The van der Waals surface area contributed by atoms with Crippen molar-refractivity contribution in [3.8, 4) is 0 Å². The number of aryl methyl sites for hydroxylation is 1. The average Bonchev–Trinajstić information content (AvgIpc) is 2.69. The van der Waals surface area contributed by atoms with Gasteiger partial charge in [0.05, 0.1) is 0 Å². The predicted molar refractivity (Wildman–Crippen MR) is 75.9 cm³/mol. The number of hydrogen-bond acceptors (Lipinski definition) is 3. The van der Waals surface area contributed by atoms with Gasteiger partial charge < -0.3 is 9.88 Å². The topological polar surface area (TPSA) is 73.1 Å². The highest BCUT2D eigenvalue weighted by molar-refractivity contribution is 5.93. The summed E-state index contributed by atoms with van der Waals surface area (Å²) in [5.41, 5.74) is -0.945. The summed E-state index contributed by atoms with van der Waals surface area (Å²) in [5, 5.41) is 2.92. The molecule has 1 amide bonds. The zero-order valence-electron chi connectivity index (χ0n) is 12.0. The minimum Gasteiger partial charge on any atom is -0.349 e. The van der Waals surface area contributed by atoms with E-state index in [0.717, 1.165) is 30.3 Å². The van der Waals surface area contributed by atoms with Crippen molar-refractivity contribution < 1.29 is 4.79 Å². The number of nitrogens with zero attached hydrogens (tertiary/aromatic N) is 2. The Hall–Kier alpha value is -1.85. The van der Waals surface area contributed by atoms with Crippen LogP contribution in [0.15, 0.2) is 15.8 Å². The second-order valence-electron chi connectivity index (χ2n) is 5.46. The molecule has 110 valence electrons. The Kier molecular flexibility index (Phi) is 4.42. The van der Waals surface area contributed by atoms with Crippen molar-refractivity contribution >= 4 is 5.91 Å². The van der Waals surface area contributed by atoms with Gasteiger partial charge in [0.25, 0.3) is 11.5 Å². The van der Waals surface area contributed by atoms with Crippen LogP contribution in [0, 0.1) is 0 Å². The lowest BCUT2D eigenvalue weighted by molar-refractivity contribution is 0.0930. The lowest BCUT2D eigenvalue weighted by Crippen LogP contribution is -2.43. The van der Waals surface area contributed by atoms with Crippen LogP contribution in [0.5, 0.6) is 0 Å². The number of carbonyl (C=O) groups is 1. The molecule has 0 aliphatic heterocycles. The molecule has 0 aromatic carbocycles. The van der Waals surface area contributed by atoms with Crippen LogP contribution in [0.1, 0.15) is 48.9 Å². The molecule has 2 rings (SSSR count). The van der Waals surface area contributed by atoms with E-state index in [-0.39, 0.29) is 17.5 Å². The molecular formula is C14H21N3O3. The normalized spacial score (nSPS) is 16.7. The summed E-state index contributed by atoms with van der Waals surface area (Å²) in [6.45, 7) is 0. The summed E-state index contributed by atoms with van der Waals surface area (Å²) in [6.07, 6.45) is 7.85. The molecule has 1 aliphatic carbocycles. The van der Waals surface area contributed by atoms with E-state index in [0.29, 0.717) is 0 Å². The number of carbonyl (C=O) groups excluding carboxylic acids is 1. The monoisotopic (exact) mass is 279 g/mol. The van der Waals surface area contributed by atoms with Gasteiger partial charge in [0.2, 0.25) is 0 Å². The van der Waals surface area contributed by atoms with Crippen molar-refractivity contribution in [2.24, 2.45) is 14.1 Å². The fraction of sp³-hybridized carbons (Fsp3) is 0.643. The second-order valence-corrected chi connectivity index (χ2v) is 5.46. The first-order chi connectivity index (χ1) is 9.50. The Morgan fingerprint density at radius 2 is 1.75 bits per heavy atom. The van der Waals surface area contributed by atoms with Gasteiger partial charge in [-0.1, -0.05) is 25.7 Å². The van der Waals surface area contributed by atoms with Crippen molar-refractivity contribution in [1.82, 2.24) is 14.5 Å². The molecule has 1 aromatic rings. The van der Waals surface area contributed by atoms with Crippen LogP contribution in [0.3, 0.4) is 0 Å². The summed E-state index contributed by atoms with van der Waals surface area (Å²) in [7, 11) is 2.91. The van der Waals surface area contributed by atoms with E-state index in [4.69, 9.17) is 0 Å². The maximum Gasteiger partial charge on any atom is 0.330 e. The lowest BCUT2D eigenvalue weighted by atomic mass is 10.1. The molecule has 1 N–H and O–H groups in total. The fourth-order valence-electron chi connectivity index (χ4n) is 2.65.